The molecule has 1 aliphatic heterocycles. The van der Waals surface area contributed by atoms with Crippen LogP contribution in [-0.4, -0.2) is 60.1 Å². The molecule has 0 saturated carbocycles. The maximum Gasteiger partial charge on any atom is 0.337 e. The summed E-state index contributed by atoms with van der Waals surface area (Å²) in [6.07, 6.45) is 1.42. The van der Waals surface area contributed by atoms with Crippen LogP contribution < -0.4 is 10.6 Å². The Kier molecular flexibility index (Phi) is 7.38. The molecule has 11 nitrogen and oxygen atoms in total. The van der Waals surface area contributed by atoms with E-state index in [0.29, 0.717) is 28.2 Å². The maximum absolute atomic E-state index is 12.9. The summed E-state index contributed by atoms with van der Waals surface area (Å²) in [5, 5.41) is 14.7. The fourth-order valence-electron chi connectivity index (χ4n) is 3.85. The lowest BCUT2D eigenvalue weighted by Gasteiger charge is -2.16. The Morgan fingerprint density at radius 1 is 1.14 bits per heavy atom. The number of ether oxygens (including phenoxy) is 2. The summed E-state index contributed by atoms with van der Waals surface area (Å²) >= 11 is 0. The van der Waals surface area contributed by atoms with Gasteiger partial charge >= 0.3 is 17.9 Å². The van der Waals surface area contributed by atoms with Gasteiger partial charge in [-0.3, -0.25) is 14.4 Å². The zero-order chi connectivity index (χ0) is 25.9. The molecule has 3 rings (SSSR count). The third kappa shape index (κ3) is 5.24. The van der Waals surface area contributed by atoms with E-state index >= 15 is 0 Å². The van der Waals surface area contributed by atoms with Gasteiger partial charge in [-0.15, -0.1) is 0 Å². The van der Waals surface area contributed by atoms with Crippen LogP contribution in [-0.2, 0) is 23.9 Å². The summed E-state index contributed by atoms with van der Waals surface area (Å²) < 4.78 is 9.28. The normalized spacial score (nSPS) is 14.2. The molecule has 11 heteroatoms. The number of aromatic amines is 1. The number of methoxy groups -OCH3 is 2. The Balaban J connectivity index is 1.91. The van der Waals surface area contributed by atoms with Gasteiger partial charge in [0.15, 0.2) is 0 Å². The molecule has 2 amide bonds. The number of nitrogens with one attached hydrogen (secondary N) is 3. The van der Waals surface area contributed by atoms with Crippen molar-refractivity contribution < 1.29 is 38.6 Å². The number of aromatic nitrogens is 1. The lowest BCUT2D eigenvalue weighted by molar-refractivity contribution is -0.144. The molecule has 2 aromatic rings. The fourth-order valence-corrected chi connectivity index (χ4v) is 3.85. The molecule has 4 N–H and O–H groups in total. The number of fused-ring (bicyclic) bond motifs is 1. The van der Waals surface area contributed by atoms with Crippen LogP contribution in [0, 0.1) is 13.8 Å². The molecule has 0 saturated heterocycles. The predicted molar refractivity (Wildman–Crippen MR) is 125 cm³/mol. The smallest absolute Gasteiger partial charge is 0.337 e. The van der Waals surface area contributed by atoms with Crippen LogP contribution in [0.5, 0.6) is 0 Å². The summed E-state index contributed by atoms with van der Waals surface area (Å²) in [5.41, 5.74) is 2.85. The standard InChI is InChI=1S/C24H25N3O8/c1-11-18(25-12(2)20(11)23(31)32)10-15-14-9-13(5-6-16(14)26-22(15)30)21(29)27-17(24(33)35-4)7-8-19(28)34-3/h5-6,9-10,17,25H,7-8H2,1-4H3,(H,26,30)(H,27,29)(H,31,32)/b15-10-/t17-/m0/s1. The molecule has 0 aliphatic carbocycles. The van der Waals surface area contributed by atoms with Crippen molar-refractivity contribution in [2.75, 3.05) is 19.5 Å². The largest absolute Gasteiger partial charge is 0.478 e. The van der Waals surface area contributed by atoms with E-state index in [0.717, 1.165) is 0 Å². The summed E-state index contributed by atoms with van der Waals surface area (Å²) in [4.78, 5) is 63.5. The molecule has 2 heterocycles. The molecular weight excluding hydrogens is 458 g/mol. The van der Waals surface area contributed by atoms with Crippen LogP contribution in [0.3, 0.4) is 0 Å². The van der Waals surface area contributed by atoms with Crippen LogP contribution in [0.4, 0.5) is 5.69 Å². The lowest BCUT2D eigenvalue weighted by Crippen LogP contribution is -2.41. The SMILES string of the molecule is COC(=O)CC[C@H](NC(=O)c1ccc2c(c1)/C(=C/c1[nH]c(C)c(C(=O)O)c1C)C(=O)N2)C(=O)OC. The summed E-state index contributed by atoms with van der Waals surface area (Å²) in [7, 11) is 2.39. The van der Waals surface area contributed by atoms with Gasteiger partial charge in [-0.05, 0) is 50.1 Å². The van der Waals surface area contributed by atoms with Gasteiger partial charge in [0.25, 0.3) is 11.8 Å². The molecule has 1 aliphatic rings. The van der Waals surface area contributed by atoms with Gasteiger partial charge in [0, 0.05) is 34.6 Å². The molecule has 0 fully saturated rings. The number of carbonyl (C=O) groups excluding carboxylic acids is 4. The maximum atomic E-state index is 12.9. The highest BCUT2D eigenvalue weighted by molar-refractivity contribution is 6.35. The van der Waals surface area contributed by atoms with Crippen LogP contribution >= 0.6 is 0 Å². The highest BCUT2D eigenvalue weighted by Crippen LogP contribution is 2.34. The van der Waals surface area contributed by atoms with E-state index in [2.05, 4.69) is 20.4 Å². The number of hydrogen-bond donors (Lipinski definition) is 4. The van der Waals surface area contributed by atoms with E-state index in [9.17, 15) is 29.1 Å². The molecule has 1 aromatic carbocycles. The highest BCUT2D eigenvalue weighted by Gasteiger charge is 2.28. The number of carboxylic acids is 1. The van der Waals surface area contributed by atoms with Crippen molar-refractivity contribution in [1.82, 2.24) is 10.3 Å². The first-order chi connectivity index (χ1) is 16.6. The number of benzene rings is 1. The summed E-state index contributed by atoms with van der Waals surface area (Å²) in [6, 6.07) is 3.46. The van der Waals surface area contributed by atoms with E-state index in [4.69, 9.17) is 4.74 Å². The number of aryl methyl sites for hydroxylation is 1. The fraction of sp³-hybridized carbons (Fsp3) is 0.292. The third-order valence-corrected chi connectivity index (χ3v) is 5.70. The highest BCUT2D eigenvalue weighted by atomic mass is 16.5. The number of H-pyrrole nitrogens is 1. The van der Waals surface area contributed by atoms with E-state index in [1.807, 2.05) is 0 Å². The summed E-state index contributed by atoms with van der Waals surface area (Å²) in [6.45, 7) is 3.26. The Labute approximate surface area is 200 Å². The zero-order valence-electron chi connectivity index (χ0n) is 19.6. The van der Waals surface area contributed by atoms with Gasteiger partial charge in [-0.25, -0.2) is 9.59 Å². The average Bonchev–Trinajstić information content (AvgIpc) is 3.29. The first-order valence-corrected chi connectivity index (χ1v) is 10.6. The minimum absolute atomic E-state index is 0.0153. The second-order valence-electron chi connectivity index (χ2n) is 7.91. The van der Waals surface area contributed by atoms with Crippen molar-refractivity contribution >= 4 is 47.1 Å². The monoisotopic (exact) mass is 483 g/mol. The topological polar surface area (TPSA) is 164 Å². The molecular formula is C24H25N3O8. The van der Waals surface area contributed by atoms with Gasteiger partial charge in [-0.1, -0.05) is 0 Å². The third-order valence-electron chi connectivity index (χ3n) is 5.70. The van der Waals surface area contributed by atoms with Crippen molar-refractivity contribution in [3.8, 4) is 0 Å². The van der Waals surface area contributed by atoms with Crippen molar-refractivity contribution in [2.45, 2.75) is 32.7 Å². The van der Waals surface area contributed by atoms with E-state index in [1.54, 1.807) is 19.9 Å². The van der Waals surface area contributed by atoms with Crippen molar-refractivity contribution in [3.63, 3.8) is 0 Å². The van der Waals surface area contributed by atoms with Crippen molar-refractivity contribution in [3.05, 3.63) is 51.8 Å². The lowest BCUT2D eigenvalue weighted by atomic mass is 10.0. The first-order valence-electron chi connectivity index (χ1n) is 10.6. The number of rotatable bonds is 8. The van der Waals surface area contributed by atoms with E-state index in [-0.39, 0.29) is 29.5 Å². The minimum atomic E-state index is -1.08. The Hall–Kier alpha value is -4.41. The quantitative estimate of drug-likeness (QED) is 0.327. The number of aromatic carboxylic acids is 1. The number of esters is 2. The van der Waals surface area contributed by atoms with Gasteiger partial charge in [-0.2, -0.15) is 0 Å². The number of anilines is 1. The minimum Gasteiger partial charge on any atom is -0.478 e. The van der Waals surface area contributed by atoms with Crippen LogP contribution in [0.15, 0.2) is 18.2 Å². The van der Waals surface area contributed by atoms with Crippen molar-refractivity contribution in [2.24, 2.45) is 0 Å². The van der Waals surface area contributed by atoms with E-state index in [1.165, 1.54) is 32.4 Å². The molecule has 0 bridgehead atoms. The molecule has 35 heavy (non-hydrogen) atoms. The number of amides is 2. The number of carbonyl (C=O) groups is 5. The second kappa shape index (κ2) is 10.2. The molecule has 1 aromatic heterocycles. The Bertz CT molecular complexity index is 1260. The average molecular weight is 483 g/mol. The zero-order valence-corrected chi connectivity index (χ0v) is 19.6. The predicted octanol–water partition coefficient (Wildman–Crippen LogP) is 2.05. The Morgan fingerprint density at radius 3 is 2.46 bits per heavy atom. The first kappa shape index (κ1) is 25.2. The second-order valence-corrected chi connectivity index (χ2v) is 7.91. The van der Waals surface area contributed by atoms with Gasteiger partial charge < -0.3 is 30.2 Å². The summed E-state index contributed by atoms with van der Waals surface area (Å²) in [5.74, 6) is -3.35. The van der Waals surface area contributed by atoms with Gasteiger partial charge in [0.05, 0.1) is 25.4 Å². The molecule has 0 radical (unpaired) electrons. The van der Waals surface area contributed by atoms with Gasteiger partial charge in [0.2, 0.25) is 0 Å². The van der Waals surface area contributed by atoms with Gasteiger partial charge in [0.1, 0.15) is 6.04 Å². The van der Waals surface area contributed by atoms with Crippen LogP contribution in [0.2, 0.25) is 0 Å². The molecule has 0 spiro atoms. The molecule has 0 unspecified atom stereocenters. The molecule has 184 valence electrons. The van der Waals surface area contributed by atoms with Crippen molar-refractivity contribution in [1.29, 1.82) is 0 Å². The Morgan fingerprint density at radius 2 is 1.86 bits per heavy atom. The number of carboxylic acid groups (broad SMARTS) is 1. The van der Waals surface area contributed by atoms with E-state index < -0.39 is 35.8 Å². The number of hydrogen-bond acceptors (Lipinski definition) is 7. The van der Waals surface area contributed by atoms with Crippen LogP contribution in [0.1, 0.15) is 56.1 Å². The molecule has 1 atom stereocenters. The van der Waals surface area contributed by atoms with Crippen LogP contribution in [0.25, 0.3) is 11.6 Å².